The monoisotopic (exact) mass is 294 g/mol. The third-order valence-corrected chi connectivity index (χ3v) is 3.98. The minimum atomic E-state index is -0.810. The number of nitrogens with zero attached hydrogens (tertiary/aromatic N) is 1. The Hall–Kier alpha value is -1.82. The normalized spacial score (nSPS) is 20.9. The number of nitrogens with one attached hydrogen (secondary N) is 1. The van der Waals surface area contributed by atoms with Crippen LogP contribution < -0.4 is 5.32 Å². The van der Waals surface area contributed by atoms with E-state index >= 15 is 0 Å². The average Bonchev–Trinajstić information content (AvgIpc) is 2.97. The number of carbonyl (C=O) groups is 2. The van der Waals surface area contributed by atoms with E-state index in [1.807, 2.05) is 11.8 Å². The van der Waals surface area contributed by atoms with Crippen LogP contribution in [-0.2, 0) is 16.1 Å². The lowest BCUT2D eigenvalue weighted by Gasteiger charge is -2.38. The Labute approximate surface area is 124 Å². The summed E-state index contributed by atoms with van der Waals surface area (Å²) in [5, 5.41) is 11.8. The van der Waals surface area contributed by atoms with Gasteiger partial charge in [-0.3, -0.25) is 14.5 Å². The third-order valence-electron chi connectivity index (χ3n) is 3.98. The molecule has 2 heterocycles. The molecule has 0 saturated carbocycles. The molecule has 0 spiro atoms. The van der Waals surface area contributed by atoms with Gasteiger partial charge in [0.15, 0.2) is 0 Å². The van der Waals surface area contributed by atoms with Gasteiger partial charge in [0.25, 0.3) is 0 Å². The molecule has 1 aromatic rings. The van der Waals surface area contributed by atoms with Gasteiger partial charge < -0.3 is 14.8 Å². The topological polar surface area (TPSA) is 82.8 Å². The lowest BCUT2D eigenvalue weighted by molar-refractivity contribution is -0.140. The van der Waals surface area contributed by atoms with Crippen LogP contribution in [0.3, 0.4) is 0 Å². The Morgan fingerprint density at radius 3 is 3.00 bits per heavy atom. The first-order valence-corrected chi connectivity index (χ1v) is 7.35. The van der Waals surface area contributed by atoms with Gasteiger partial charge in [-0.05, 0) is 38.4 Å². The number of rotatable bonds is 6. The fourth-order valence-electron chi connectivity index (χ4n) is 2.84. The second kappa shape index (κ2) is 7.26. The van der Waals surface area contributed by atoms with Crippen molar-refractivity contribution in [3.05, 3.63) is 24.2 Å². The average molecular weight is 294 g/mol. The van der Waals surface area contributed by atoms with Crippen LogP contribution in [0.1, 0.15) is 38.4 Å². The second-order valence-electron chi connectivity index (χ2n) is 5.46. The Balaban J connectivity index is 1.90. The van der Waals surface area contributed by atoms with E-state index in [9.17, 15) is 9.59 Å². The molecule has 1 fully saturated rings. The first kappa shape index (κ1) is 15.6. The Morgan fingerprint density at radius 1 is 1.52 bits per heavy atom. The first-order chi connectivity index (χ1) is 10.1. The van der Waals surface area contributed by atoms with E-state index in [1.54, 1.807) is 18.4 Å². The Kier molecular flexibility index (Phi) is 5.38. The highest BCUT2D eigenvalue weighted by Gasteiger charge is 2.31. The maximum atomic E-state index is 12.2. The number of hydrogen-bond donors (Lipinski definition) is 2. The smallest absolute Gasteiger partial charge is 0.304 e. The summed E-state index contributed by atoms with van der Waals surface area (Å²) in [5.74, 6) is -0.199. The summed E-state index contributed by atoms with van der Waals surface area (Å²) in [4.78, 5) is 25.2. The van der Waals surface area contributed by atoms with E-state index in [4.69, 9.17) is 9.52 Å². The summed E-state index contributed by atoms with van der Waals surface area (Å²) in [5.41, 5.74) is 0. The van der Waals surface area contributed by atoms with Gasteiger partial charge in [-0.25, -0.2) is 0 Å². The standard InChI is InChI=1S/C15H22N2O4/c1-11(15(20)16-10-13-6-4-8-21-13)17-7-3-2-5-12(17)9-14(18)19/h4,6,8,11-12H,2-3,5,7,9-10H2,1H3,(H,16,20)(H,18,19). The summed E-state index contributed by atoms with van der Waals surface area (Å²) in [6, 6.07) is 3.20. The van der Waals surface area contributed by atoms with Crippen molar-refractivity contribution < 1.29 is 19.1 Å². The van der Waals surface area contributed by atoms with Crippen molar-refractivity contribution in [1.82, 2.24) is 10.2 Å². The van der Waals surface area contributed by atoms with Crippen molar-refractivity contribution in [3.63, 3.8) is 0 Å². The molecule has 2 N–H and O–H groups in total. The van der Waals surface area contributed by atoms with E-state index in [1.165, 1.54) is 0 Å². The number of carbonyl (C=O) groups excluding carboxylic acids is 1. The number of aliphatic carboxylic acids is 1. The van der Waals surface area contributed by atoms with Crippen molar-refractivity contribution in [2.45, 2.75) is 51.2 Å². The number of furan rings is 1. The first-order valence-electron chi connectivity index (χ1n) is 7.35. The van der Waals surface area contributed by atoms with E-state index in [0.29, 0.717) is 12.3 Å². The van der Waals surface area contributed by atoms with Crippen molar-refractivity contribution in [1.29, 1.82) is 0 Å². The van der Waals surface area contributed by atoms with E-state index in [2.05, 4.69) is 5.32 Å². The van der Waals surface area contributed by atoms with Crippen LogP contribution in [0.15, 0.2) is 22.8 Å². The third kappa shape index (κ3) is 4.32. The van der Waals surface area contributed by atoms with Gasteiger partial charge in [-0.15, -0.1) is 0 Å². The fraction of sp³-hybridized carbons (Fsp3) is 0.600. The van der Waals surface area contributed by atoms with Gasteiger partial charge in [-0.1, -0.05) is 6.42 Å². The van der Waals surface area contributed by atoms with Gasteiger partial charge in [0.05, 0.1) is 25.3 Å². The number of hydrogen-bond acceptors (Lipinski definition) is 4. The lowest BCUT2D eigenvalue weighted by Crippen LogP contribution is -2.52. The van der Waals surface area contributed by atoms with Crippen molar-refractivity contribution in [2.75, 3.05) is 6.54 Å². The van der Waals surface area contributed by atoms with Crippen molar-refractivity contribution in [3.8, 4) is 0 Å². The summed E-state index contributed by atoms with van der Waals surface area (Å²) < 4.78 is 5.18. The van der Waals surface area contributed by atoms with Crippen LogP contribution in [0.5, 0.6) is 0 Å². The van der Waals surface area contributed by atoms with Gasteiger partial charge in [0, 0.05) is 6.04 Å². The Morgan fingerprint density at radius 2 is 2.33 bits per heavy atom. The maximum Gasteiger partial charge on any atom is 0.304 e. The minimum Gasteiger partial charge on any atom is -0.481 e. The number of piperidine rings is 1. The molecular formula is C15H22N2O4. The molecule has 2 unspecified atom stereocenters. The minimum absolute atomic E-state index is 0.0550. The highest BCUT2D eigenvalue weighted by Crippen LogP contribution is 2.22. The van der Waals surface area contributed by atoms with E-state index in [-0.39, 0.29) is 24.4 Å². The largest absolute Gasteiger partial charge is 0.481 e. The highest BCUT2D eigenvalue weighted by atomic mass is 16.4. The molecule has 0 aliphatic carbocycles. The van der Waals surface area contributed by atoms with E-state index < -0.39 is 5.97 Å². The van der Waals surface area contributed by atoms with Crippen LogP contribution in [-0.4, -0.2) is 40.5 Å². The zero-order valence-electron chi connectivity index (χ0n) is 12.2. The molecule has 1 aliphatic heterocycles. The van der Waals surface area contributed by atoms with Crippen molar-refractivity contribution >= 4 is 11.9 Å². The zero-order chi connectivity index (χ0) is 15.2. The summed E-state index contributed by atoms with van der Waals surface area (Å²) >= 11 is 0. The van der Waals surface area contributed by atoms with Crippen molar-refractivity contribution in [2.24, 2.45) is 0 Å². The van der Waals surface area contributed by atoms with E-state index in [0.717, 1.165) is 25.8 Å². The molecule has 0 radical (unpaired) electrons. The van der Waals surface area contributed by atoms with Crippen LogP contribution in [0.2, 0.25) is 0 Å². The van der Waals surface area contributed by atoms with Gasteiger partial charge in [0.1, 0.15) is 5.76 Å². The molecule has 2 atom stereocenters. The molecule has 21 heavy (non-hydrogen) atoms. The highest BCUT2D eigenvalue weighted by molar-refractivity contribution is 5.81. The molecule has 2 rings (SSSR count). The SMILES string of the molecule is CC(C(=O)NCc1ccco1)N1CCCCC1CC(=O)O. The number of carboxylic acid groups (broad SMARTS) is 1. The summed E-state index contributed by atoms with van der Waals surface area (Å²) in [7, 11) is 0. The molecule has 116 valence electrons. The molecular weight excluding hydrogens is 272 g/mol. The summed E-state index contributed by atoms with van der Waals surface area (Å²) in [6.45, 7) is 2.96. The van der Waals surface area contributed by atoms with Crippen LogP contribution in [0, 0.1) is 0 Å². The predicted molar refractivity (Wildman–Crippen MR) is 76.6 cm³/mol. The van der Waals surface area contributed by atoms with Gasteiger partial charge >= 0.3 is 5.97 Å². The van der Waals surface area contributed by atoms with Gasteiger partial charge in [0.2, 0.25) is 5.91 Å². The second-order valence-corrected chi connectivity index (χ2v) is 5.46. The lowest BCUT2D eigenvalue weighted by atomic mass is 9.97. The van der Waals surface area contributed by atoms with Gasteiger partial charge in [-0.2, -0.15) is 0 Å². The molecule has 0 bridgehead atoms. The molecule has 6 heteroatoms. The fourth-order valence-corrected chi connectivity index (χ4v) is 2.84. The number of amides is 1. The molecule has 1 saturated heterocycles. The summed E-state index contributed by atoms with van der Waals surface area (Å²) in [6.07, 6.45) is 4.53. The molecule has 0 aromatic carbocycles. The number of carboxylic acids is 1. The molecule has 6 nitrogen and oxygen atoms in total. The quantitative estimate of drug-likeness (QED) is 0.833. The predicted octanol–water partition coefficient (Wildman–Crippen LogP) is 1.61. The van der Waals surface area contributed by atoms with Crippen LogP contribution in [0.25, 0.3) is 0 Å². The Bertz CT molecular complexity index is 472. The zero-order valence-corrected chi connectivity index (χ0v) is 12.2. The maximum absolute atomic E-state index is 12.2. The molecule has 1 aromatic heterocycles. The molecule has 1 aliphatic rings. The number of likely N-dealkylation sites (tertiary alicyclic amines) is 1. The van der Waals surface area contributed by atoms with Crippen LogP contribution >= 0.6 is 0 Å². The molecule has 1 amide bonds. The van der Waals surface area contributed by atoms with Crippen LogP contribution in [0.4, 0.5) is 0 Å².